The Morgan fingerprint density at radius 1 is 0.931 bits per heavy atom. The van der Waals surface area contributed by atoms with Crippen LogP contribution in [0.1, 0.15) is 0 Å². The number of carbonyl (C=O) groups excluding carboxylic acids is 2. The molecular weight excluding hydrogens is 375 g/mol. The van der Waals surface area contributed by atoms with Crippen LogP contribution in [-0.4, -0.2) is 68.0 Å². The van der Waals surface area contributed by atoms with Gasteiger partial charge in [-0.1, -0.05) is 18.2 Å². The molecule has 0 aliphatic carbocycles. The van der Waals surface area contributed by atoms with E-state index >= 15 is 0 Å². The number of rotatable bonds is 7. The summed E-state index contributed by atoms with van der Waals surface area (Å²) < 4.78 is 18.4. The maximum absolute atomic E-state index is 13.2. The highest BCUT2D eigenvalue weighted by Gasteiger charge is 2.21. The number of amides is 2. The van der Waals surface area contributed by atoms with Crippen molar-refractivity contribution < 1.29 is 18.7 Å². The molecule has 1 saturated heterocycles. The molecule has 3 rings (SSSR count). The lowest BCUT2D eigenvalue weighted by atomic mass is 10.2. The number of para-hydroxylation sites is 2. The molecule has 2 aromatic carbocycles. The van der Waals surface area contributed by atoms with Gasteiger partial charge in [0.1, 0.15) is 11.6 Å². The van der Waals surface area contributed by atoms with Crippen molar-refractivity contribution in [1.29, 1.82) is 0 Å². The van der Waals surface area contributed by atoms with Crippen molar-refractivity contribution in [2.75, 3.05) is 57.0 Å². The van der Waals surface area contributed by atoms with Crippen molar-refractivity contribution in [3.63, 3.8) is 0 Å². The smallest absolute Gasteiger partial charge is 0.238 e. The van der Waals surface area contributed by atoms with Crippen LogP contribution in [0.5, 0.6) is 5.75 Å². The highest BCUT2D eigenvalue weighted by atomic mass is 19.1. The van der Waals surface area contributed by atoms with E-state index in [4.69, 9.17) is 4.74 Å². The molecule has 7 nitrogen and oxygen atoms in total. The molecule has 0 bridgehead atoms. The first-order chi connectivity index (χ1) is 14.0. The summed E-state index contributed by atoms with van der Waals surface area (Å²) in [6, 6.07) is 13.1. The second-order valence-corrected chi connectivity index (χ2v) is 6.86. The minimum atomic E-state index is -0.386. The Morgan fingerprint density at radius 2 is 1.55 bits per heavy atom. The molecule has 0 saturated carbocycles. The molecule has 2 amide bonds. The molecule has 0 radical (unpaired) electrons. The first kappa shape index (κ1) is 20.8. The minimum absolute atomic E-state index is 0.105. The average molecular weight is 400 g/mol. The lowest BCUT2D eigenvalue weighted by molar-refractivity contribution is -0.120. The van der Waals surface area contributed by atoms with Gasteiger partial charge in [0, 0.05) is 31.9 Å². The number of halogens is 1. The van der Waals surface area contributed by atoms with Crippen molar-refractivity contribution in [2.45, 2.75) is 0 Å². The molecule has 2 aromatic rings. The van der Waals surface area contributed by atoms with Crippen molar-refractivity contribution in [2.24, 2.45) is 0 Å². The number of carbonyl (C=O) groups is 2. The molecule has 0 spiro atoms. The second-order valence-electron chi connectivity index (χ2n) is 6.86. The third-order valence-electron chi connectivity index (χ3n) is 4.69. The lowest BCUT2D eigenvalue weighted by Gasteiger charge is -2.33. The summed E-state index contributed by atoms with van der Waals surface area (Å²) in [4.78, 5) is 28.5. The highest BCUT2D eigenvalue weighted by molar-refractivity contribution is 5.94. The number of hydrogen-bond donors (Lipinski definition) is 2. The van der Waals surface area contributed by atoms with Crippen LogP contribution < -0.4 is 15.4 Å². The van der Waals surface area contributed by atoms with Crippen LogP contribution in [0.25, 0.3) is 0 Å². The molecule has 0 atom stereocenters. The molecule has 1 aliphatic rings. The fraction of sp³-hybridized carbons (Fsp3) is 0.333. The van der Waals surface area contributed by atoms with E-state index in [0.717, 1.165) is 0 Å². The zero-order valence-corrected chi connectivity index (χ0v) is 16.4. The Bertz CT molecular complexity index is 853. The Morgan fingerprint density at radius 3 is 2.17 bits per heavy atom. The Labute approximate surface area is 169 Å². The number of methoxy groups -OCH3 is 1. The quantitative estimate of drug-likeness (QED) is 0.744. The van der Waals surface area contributed by atoms with Crippen molar-refractivity contribution in [3.05, 3.63) is 54.3 Å². The van der Waals surface area contributed by atoms with Gasteiger partial charge >= 0.3 is 0 Å². The van der Waals surface area contributed by atoms with Gasteiger partial charge in [0.05, 0.1) is 25.9 Å². The average Bonchev–Trinajstić information content (AvgIpc) is 2.70. The lowest BCUT2D eigenvalue weighted by Crippen LogP contribution is -2.50. The maximum atomic E-state index is 13.2. The van der Waals surface area contributed by atoms with Gasteiger partial charge in [-0.25, -0.2) is 4.39 Å². The Kier molecular flexibility index (Phi) is 7.15. The highest BCUT2D eigenvalue weighted by Crippen LogP contribution is 2.22. The van der Waals surface area contributed by atoms with Crippen molar-refractivity contribution in [1.82, 2.24) is 9.80 Å². The molecule has 0 unspecified atom stereocenters. The summed E-state index contributed by atoms with van der Waals surface area (Å²) in [5, 5.41) is 5.57. The summed E-state index contributed by atoms with van der Waals surface area (Å²) in [6.07, 6.45) is 0. The number of anilines is 2. The summed E-state index contributed by atoms with van der Waals surface area (Å²) in [5.41, 5.74) is 1.09. The van der Waals surface area contributed by atoms with Crippen LogP contribution in [0.2, 0.25) is 0 Å². The van der Waals surface area contributed by atoms with E-state index in [2.05, 4.69) is 10.6 Å². The van der Waals surface area contributed by atoms with Crippen LogP contribution in [0, 0.1) is 5.82 Å². The molecule has 8 heteroatoms. The zero-order chi connectivity index (χ0) is 20.6. The number of nitrogens with one attached hydrogen (secondary N) is 2. The topological polar surface area (TPSA) is 73.9 Å². The van der Waals surface area contributed by atoms with E-state index in [9.17, 15) is 14.0 Å². The van der Waals surface area contributed by atoms with Crippen molar-refractivity contribution in [3.8, 4) is 5.75 Å². The predicted octanol–water partition coefficient (Wildman–Crippen LogP) is 2.03. The standard InChI is InChI=1S/C21H25FN4O3/c1-29-19-8-3-2-7-18(19)24-21(28)15-26-11-9-25(10-12-26)14-20(27)23-17-6-4-5-16(22)13-17/h2-8,13H,9-12,14-15H2,1H3,(H,23,27)(H,24,28). The van der Waals surface area contributed by atoms with Crippen molar-refractivity contribution >= 4 is 23.2 Å². The van der Waals surface area contributed by atoms with Gasteiger partial charge in [0.2, 0.25) is 11.8 Å². The Hall–Kier alpha value is -2.97. The third kappa shape index (κ3) is 6.27. The molecule has 1 heterocycles. The molecular formula is C21H25FN4O3. The number of benzene rings is 2. The first-order valence-electron chi connectivity index (χ1n) is 9.46. The SMILES string of the molecule is COc1ccccc1NC(=O)CN1CCN(CC(=O)Nc2cccc(F)c2)CC1. The van der Waals surface area contributed by atoms with E-state index in [1.165, 1.54) is 12.1 Å². The number of hydrogen-bond acceptors (Lipinski definition) is 5. The molecule has 29 heavy (non-hydrogen) atoms. The van der Waals surface area contributed by atoms with Gasteiger partial charge in [-0.15, -0.1) is 0 Å². The second kappa shape index (κ2) is 9.99. The van der Waals surface area contributed by atoms with Crippen LogP contribution in [0.4, 0.5) is 15.8 Å². The van der Waals surface area contributed by atoms with E-state index in [0.29, 0.717) is 43.3 Å². The monoisotopic (exact) mass is 400 g/mol. The van der Waals surface area contributed by atoms with Crippen LogP contribution in [-0.2, 0) is 9.59 Å². The molecule has 0 aromatic heterocycles. The summed E-state index contributed by atoms with van der Waals surface area (Å²) >= 11 is 0. The zero-order valence-electron chi connectivity index (χ0n) is 16.4. The van der Waals surface area contributed by atoms with Crippen LogP contribution in [0.3, 0.4) is 0 Å². The van der Waals surface area contributed by atoms with Crippen LogP contribution >= 0.6 is 0 Å². The fourth-order valence-corrected chi connectivity index (χ4v) is 3.22. The molecule has 1 aliphatic heterocycles. The van der Waals surface area contributed by atoms with E-state index < -0.39 is 0 Å². The van der Waals surface area contributed by atoms with Gasteiger partial charge in [-0.05, 0) is 30.3 Å². The third-order valence-corrected chi connectivity index (χ3v) is 4.69. The maximum Gasteiger partial charge on any atom is 0.238 e. The molecule has 1 fully saturated rings. The Balaban J connectivity index is 1.41. The summed E-state index contributed by atoms with van der Waals surface area (Å²) in [7, 11) is 1.56. The van der Waals surface area contributed by atoms with Gasteiger partial charge in [-0.2, -0.15) is 0 Å². The number of piperazine rings is 1. The van der Waals surface area contributed by atoms with E-state index in [1.54, 1.807) is 31.4 Å². The molecule has 154 valence electrons. The van der Waals surface area contributed by atoms with E-state index in [-0.39, 0.29) is 30.7 Å². The normalized spacial score (nSPS) is 15.0. The summed E-state index contributed by atoms with van der Waals surface area (Å²) in [6.45, 7) is 3.25. The van der Waals surface area contributed by atoms with Gasteiger partial charge in [0.25, 0.3) is 0 Å². The summed E-state index contributed by atoms with van der Waals surface area (Å²) in [5.74, 6) is -0.0532. The van der Waals surface area contributed by atoms with Gasteiger partial charge in [-0.3, -0.25) is 19.4 Å². The number of nitrogens with zero attached hydrogens (tertiary/aromatic N) is 2. The van der Waals surface area contributed by atoms with Crippen LogP contribution in [0.15, 0.2) is 48.5 Å². The number of ether oxygens (including phenoxy) is 1. The first-order valence-corrected chi connectivity index (χ1v) is 9.46. The van der Waals surface area contributed by atoms with E-state index in [1.807, 2.05) is 21.9 Å². The minimum Gasteiger partial charge on any atom is -0.495 e. The predicted molar refractivity (Wildman–Crippen MR) is 110 cm³/mol. The van der Waals surface area contributed by atoms with Gasteiger partial charge in [0.15, 0.2) is 0 Å². The van der Waals surface area contributed by atoms with Gasteiger partial charge < -0.3 is 15.4 Å². The fourth-order valence-electron chi connectivity index (χ4n) is 3.22. The molecule has 2 N–H and O–H groups in total. The largest absolute Gasteiger partial charge is 0.495 e.